The van der Waals surface area contributed by atoms with Crippen molar-refractivity contribution < 1.29 is 9.53 Å². The van der Waals surface area contributed by atoms with Crippen LogP contribution in [0.15, 0.2) is 47.6 Å². The summed E-state index contributed by atoms with van der Waals surface area (Å²) < 4.78 is 7.66. The molecule has 1 N–H and O–H groups in total. The van der Waals surface area contributed by atoms with Crippen molar-refractivity contribution in [2.45, 2.75) is 37.9 Å². The maximum absolute atomic E-state index is 12.2. The normalized spacial score (nSPS) is 11.4. The summed E-state index contributed by atoms with van der Waals surface area (Å²) in [6.45, 7) is 6.80. The van der Waals surface area contributed by atoms with Gasteiger partial charge in [-0.1, -0.05) is 67.9 Å². The van der Waals surface area contributed by atoms with E-state index in [1.54, 1.807) is 18.2 Å². The quantitative estimate of drug-likeness (QED) is 0.439. The molecule has 6 nitrogen and oxygen atoms in total. The first kappa shape index (κ1) is 23.4. The lowest BCUT2D eigenvalue weighted by molar-refractivity contribution is -0.113. The maximum Gasteiger partial charge on any atom is 0.234 e. The first-order valence-corrected chi connectivity index (χ1v) is 11.4. The maximum atomic E-state index is 12.2. The number of thioether (sulfide) groups is 1. The Hall–Kier alpha value is -2.22. The van der Waals surface area contributed by atoms with Gasteiger partial charge in [-0.2, -0.15) is 0 Å². The van der Waals surface area contributed by atoms with E-state index in [0.29, 0.717) is 26.7 Å². The van der Waals surface area contributed by atoms with Gasteiger partial charge in [-0.25, -0.2) is 0 Å². The van der Waals surface area contributed by atoms with Crippen LogP contribution in [0.4, 0.5) is 5.69 Å². The minimum absolute atomic E-state index is 0.0968. The zero-order valence-electron chi connectivity index (χ0n) is 17.8. The molecule has 9 heteroatoms. The van der Waals surface area contributed by atoms with Crippen LogP contribution in [0.2, 0.25) is 10.0 Å². The fourth-order valence-corrected chi connectivity index (χ4v) is 4.00. The summed E-state index contributed by atoms with van der Waals surface area (Å²) in [7, 11) is 1.85. The lowest BCUT2D eigenvalue weighted by atomic mass is 9.87. The van der Waals surface area contributed by atoms with Crippen LogP contribution in [-0.4, -0.2) is 26.4 Å². The van der Waals surface area contributed by atoms with Gasteiger partial charge in [0.25, 0.3) is 0 Å². The molecule has 164 valence electrons. The number of aromatic nitrogens is 3. The van der Waals surface area contributed by atoms with E-state index in [0.717, 1.165) is 5.75 Å². The Morgan fingerprint density at radius 1 is 1.10 bits per heavy atom. The molecule has 1 aromatic heterocycles. The molecule has 0 bridgehead atoms. The van der Waals surface area contributed by atoms with Crippen molar-refractivity contribution in [3.05, 3.63) is 63.9 Å². The standard InChI is InChI=1S/C22H24Cl2N4O2S/c1-22(2,3)14-5-7-18(8-6-14)30-12-19-26-27-21(28(19)4)31-13-20(29)25-17-10-15(23)9-16(24)11-17/h5-11H,12-13H2,1-4H3,(H,25,29). The smallest absolute Gasteiger partial charge is 0.234 e. The number of carbonyl (C=O) groups is 1. The molecule has 0 aliphatic rings. The van der Waals surface area contributed by atoms with Crippen molar-refractivity contribution >= 4 is 46.6 Å². The molecule has 1 amide bonds. The highest BCUT2D eigenvalue weighted by Crippen LogP contribution is 2.25. The Bertz CT molecular complexity index is 1040. The number of ether oxygens (including phenoxy) is 1. The van der Waals surface area contributed by atoms with Gasteiger partial charge in [-0.3, -0.25) is 4.79 Å². The minimum atomic E-state index is -0.192. The molecule has 0 spiro atoms. The van der Waals surface area contributed by atoms with Crippen molar-refractivity contribution in [1.82, 2.24) is 14.8 Å². The Balaban J connectivity index is 1.53. The van der Waals surface area contributed by atoms with Crippen molar-refractivity contribution in [3.63, 3.8) is 0 Å². The molecule has 2 aromatic carbocycles. The number of rotatable bonds is 7. The van der Waals surface area contributed by atoms with E-state index in [1.165, 1.54) is 17.3 Å². The minimum Gasteiger partial charge on any atom is -0.486 e. The largest absolute Gasteiger partial charge is 0.486 e. The van der Waals surface area contributed by atoms with Crippen LogP contribution in [0.25, 0.3) is 0 Å². The molecule has 31 heavy (non-hydrogen) atoms. The molecule has 3 rings (SSSR count). The molecule has 0 fully saturated rings. The van der Waals surface area contributed by atoms with Crippen LogP contribution in [0.5, 0.6) is 5.75 Å². The monoisotopic (exact) mass is 478 g/mol. The fraction of sp³-hybridized carbons (Fsp3) is 0.318. The van der Waals surface area contributed by atoms with Gasteiger partial charge in [-0.05, 0) is 41.3 Å². The first-order chi connectivity index (χ1) is 14.6. The predicted octanol–water partition coefficient (Wildman–Crippen LogP) is 5.73. The number of hydrogen-bond acceptors (Lipinski definition) is 5. The van der Waals surface area contributed by atoms with Crippen molar-refractivity contribution in [2.24, 2.45) is 7.05 Å². The molecule has 3 aromatic rings. The summed E-state index contributed by atoms with van der Waals surface area (Å²) in [5.41, 5.74) is 1.89. The molecule has 0 aliphatic heterocycles. The van der Waals surface area contributed by atoms with E-state index >= 15 is 0 Å². The van der Waals surface area contributed by atoms with Crippen molar-refractivity contribution in [1.29, 1.82) is 0 Å². The third-order valence-electron chi connectivity index (χ3n) is 4.49. The number of nitrogens with zero attached hydrogens (tertiary/aromatic N) is 3. The molecule has 0 radical (unpaired) electrons. The number of nitrogens with one attached hydrogen (secondary N) is 1. The summed E-state index contributed by atoms with van der Waals surface area (Å²) in [5, 5.41) is 12.6. The van der Waals surface area contributed by atoms with E-state index < -0.39 is 0 Å². The summed E-state index contributed by atoms with van der Waals surface area (Å²) in [4.78, 5) is 12.2. The Labute approximate surface area is 196 Å². The second-order valence-corrected chi connectivity index (χ2v) is 9.83. The number of hydrogen-bond donors (Lipinski definition) is 1. The van der Waals surface area contributed by atoms with E-state index in [9.17, 15) is 4.79 Å². The molecule has 0 aliphatic carbocycles. The highest BCUT2D eigenvalue weighted by molar-refractivity contribution is 7.99. The van der Waals surface area contributed by atoms with E-state index in [-0.39, 0.29) is 23.7 Å². The number of benzene rings is 2. The summed E-state index contributed by atoms with van der Waals surface area (Å²) in [6.07, 6.45) is 0. The molecular formula is C22H24Cl2N4O2S. The topological polar surface area (TPSA) is 69.0 Å². The van der Waals surface area contributed by atoms with E-state index in [2.05, 4.69) is 48.4 Å². The van der Waals surface area contributed by atoms with Gasteiger partial charge < -0.3 is 14.6 Å². The van der Waals surface area contributed by atoms with Gasteiger partial charge in [0.05, 0.1) is 5.75 Å². The summed E-state index contributed by atoms with van der Waals surface area (Å²) >= 11 is 13.2. The molecule has 0 atom stereocenters. The molecular weight excluding hydrogens is 455 g/mol. The average Bonchev–Trinajstić information content (AvgIpc) is 3.03. The zero-order valence-corrected chi connectivity index (χ0v) is 20.1. The van der Waals surface area contributed by atoms with Gasteiger partial charge in [0.1, 0.15) is 12.4 Å². The summed E-state index contributed by atoms with van der Waals surface area (Å²) in [5.74, 6) is 1.42. The van der Waals surface area contributed by atoms with Gasteiger partial charge in [0.15, 0.2) is 11.0 Å². The van der Waals surface area contributed by atoms with Crippen molar-refractivity contribution in [2.75, 3.05) is 11.1 Å². The van der Waals surface area contributed by atoms with Crippen LogP contribution in [-0.2, 0) is 23.9 Å². The predicted molar refractivity (Wildman–Crippen MR) is 126 cm³/mol. The highest BCUT2D eigenvalue weighted by Gasteiger charge is 2.15. The average molecular weight is 479 g/mol. The molecule has 0 saturated heterocycles. The van der Waals surface area contributed by atoms with Crippen LogP contribution in [0.3, 0.4) is 0 Å². The number of halogens is 2. The van der Waals surface area contributed by atoms with Crippen LogP contribution >= 0.6 is 35.0 Å². The van der Waals surface area contributed by atoms with Gasteiger partial charge >= 0.3 is 0 Å². The SMILES string of the molecule is Cn1c(COc2ccc(C(C)(C)C)cc2)nnc1SCC(=O)Nc1cc(Cl)cc(Cl)c1. The van der Waals surface area contributed by atoms with Crippen LogP contribution in [0.1, 0.15) is 32.2 Å². The Kier molecular flexibility index (Phi) is 7.51. The van der Waals surface area contributed by atoms with E-state index in [1.807, 2.05) is 23.7 Å². The fourth-order valence-electron chi connectivity index (χ4n) is 2.75. The second kappa shape index (κ2) is 9.94. The number of amides is 1. The zero-order chi connectivity index (χ0) is 22.6. The first-order valence-electron chi connectivity index (χ1n) is 9.62. The lowest BCUT2D eigenvalue weighted by Gasteiger charge is -2.19. The van der Waals surface area contributed by atoms with Crippen molar-refractivity contribution in [3.8, 4) is 5.75 Å². The van der Waals surface area contributed by atoms with Gasteiger partial charge in [-0.15, -0.1) is 10.2 Å². The Morgan fingerprint density at radius 2 is 1.74 bits per heavy atom. The molecule has 0 saturated carbocycles. The third-order valence-corrected chi connectivity index (χ3v) is 5.95. The number of carbonyl (C=O) groups excluding carboxylic acids is 1. The highest BCUT2D eigenvalue weighted by atomic mass is 35.5. The lowest BCUT2D eigenvalue weighted by Crippen LogP contribution is -2.14. The number of anilines is 1. The third kappa shape index (κ3) is 6.63. The van der Waals surface area contributed by atoms with Gasteiger partial charge in [0.2, 0.25) is 5.91 Å². The molecule has 1 heterocycles. The van der Waals surface area contributed by atoms with Crippen LogP contribution < -0.4 is 10.1 Å². The molecule has 0 unspecified atom stereocenters. The van der Waals surface area contributed by atoms with Gasteiger partial charge in [0, 0.05) is 22.8 Å². The Morgan fingerprint density at radius 3 is 2.35 bits per heavy atom. The van der Waals surface area contributed by atoms with Crippen LogP contribution in [0, 0.1) is 0 Å². The summed E-state index contributed by atoms with van der Waals surface area (Å²) in [6, 6.07) is 12.9. The van der Waals surface area contributed by atoms with E-state index in [4.69, 9.17) is 27.9 Å². The second-order valence-electron chi connectivity index (χ2n) is 8.02.